The van der Waals surface area contributed by atoms with Crippen LogP contribution in [0.5, 0.6) is 0 Å². The number of hydrogen-bond donors (Lipinski definition) is 4. The maximum Gasteiger partial charge on any atom is 0.326 e. The first-order valence-corrected chi connectivity index (χ1v) is 8.46. The van der Waals surface area contributed by atoms with E-state index in [1.807, 2.05) is 13.8 Å². The minimum absolute atomic E-state index is 0.0573. The highest BCUT2D eigenvalue weighted by Crippen LogP contribution is 2.31. The van der Waals surface area contributed by atoms with Gasteiger partial charge in [-0.2, -0.15) is 0 Å². The Balaban J connectivity index is 2.38. The summed E-state index contributed by atoms with van der Waals surface area (Å²) < 4.78 is 4.92. The molecule has 1 aliphatic heterocycles. The molecule has 2 amide bonds. The van der Waals surface area contributed by atoms with Crippen LogP contribution in [-0.4, -0.2) is 53.6 Å². The van der Waals surface area contributed by atoms with Crippen LogP contribution >= 0.6 is 0 Å². The van der Waals surface area contributed by atoms with Crippen molar-refractivity contribution in [1.82, 2.24) is 10.6 Å². The highest BCUT2D eigenvalue weighted by Gasteiger charge is 2.49. The molecule has 0 aromatic heterocycles. The van der Waals surface area contributed by atoms with E-state index in [9.17, 15) is 19.2 Å². The average Bonchev–Trinajstić information content (AvgIpc) is 2.54. The summed E-state index contributed by atoms with van der Waals surface area (Å²) in [6, 6.07) is -1.86. The molecule has 5 atom stereocenters. The average molecular weight is 357 g/mol. The minimum Gasteiger partial charge on any atom is -0.480 e. The Bertz CT molecular complexity index is 522. The molecule has 0 aromatic carbocycles. The van der Waals surface area contributed by atoms with Gasteiger partial charge in [0, 0.05) is 6.54 Å². The SMILES string of the molecule is CCC(C)C1C(=O)OC1C(=O)NCCC[C@H](NC(=O)C(C)N)C(=O)O. The lowest BCUT2D eigenvalue weighted by molar-refractivity contribution is -0.193. The number of esters is 1. The molecule has 0 aliphatic carbocycles. The number of amides is 2. The first-order chi connectivity index (χ1) is 11.7. The lowest BCUT2D eigenvalue weighted by Crippen LogP contribution is -2.56. The van der Waals surface area contributed by atoms with Gasteiger partial charge in [-0.15, -0.1) is 0 Å². The number of carbonyl (C=O) groups is 4. The van der Waals surface area contributed by atoms with Gasteiger partial charge in [-0.1, -0.05) is 20.3 Å². The van der Waals surface area contributed by atoms with Crippen molar-refractivity contribution >= 4 is 23.8 Å². The van der Waals surface area contributed by atoms with Crippen molar-refractivity contribution in [2.75, 3.05) is 6.54 Å². The molecule has 0 bridgehead atoms. The van der Waals surface area contributed by atoms with Crippen LogP contribution in [0.4, 0.5) is 0 Å². The normalized spacial score (nSPS) is 22.8. The van der Waals surface area contributed by atoms with Gasteiger partial charge in [-0.05, 0) is 25.7 Å². The van der Waals surface area contributed by atoms with Gasteiger partial charge < -0.3 is 26.2 Å². The van der Waals surface area contributed by atoms with Crippen LogP contribution in [0.1, 0.15) is 40.0 Å². The van der Waals surface area contributed by atoms with Crippen molar-refractivity contribution in [3.05, 3.63) is 0 Å². The Hall–Kier alpha value is -2.16. The smallest absolute Gasteiger partial charge is 0.326 e. The van der Waals surface area contributed by atoms with Gasteiger partial charge in [0.25, 0.3) is 5.91 Å². The largest absolute Gasteiger partial charge is 0.480 e. The molecule has 4 unspecified atom stereocenters. The molecule has 9 heteroatoms. The summed E-state index contributed by atoms with van der Waals surface area (Å²) in [5, 5.41) is 14.1. The zero-order valence-corrected chi connectivity index (χ0v) is 14.8. The molecule has 0 spiro atoms. The van der Waals surface area contributed by atoms with Crippen LogP contribution in [0.25, 0.3) is 0 Å². The Morgan fingerprint density at radius 3 is 2.44 bits per heavy atom. The van der Waals surface area contributed by atoms with Crippen LogP contribution in [-0.2, 0) is 23.9 Å². The second-order valence-corrected chi connectivity index (χ2v) is 6.39. The summed E-state index contributed by atoms with van der Waals surface area (Å²) in [5.41, 5.74) is 5.39. The second kappa shape index (κ2) is 9.36. The number of aliphatic carboxylic acids is 1. The molecule has 9 nitrogen and oxygen atoms in total. The summed E-state index contributed by atoms with van der Waals surface area (Å²) in [6.07, 6.45) is 0.475. The van der Waals surface area contributed by atoms with E-state index in [2.05, 4.69) is 10.6 Å². The molecule has 25 heavy (non-hydrogen) atoms. The Morgan fingerprint density at radius 2 is 1.96 bits per heavy atom. The van der Waals surface area contributed by atoms with E-state index >= 15 is 0 Å². The van der Waals surface area contributed by atoms with Crippen molar-refractivity contribution < 1.29 is 29.0 Å². The van der Waals surface area contributed by atoms with Gasteiger partial charge in [0.2, 0.25) is 5.91 Å². The van der Waals surface area contributed by atoms with E-state index in [0.717, 1.165) is 6.42 Å². The number of nitrogens with one attached hydrogen (secondary N) is 2. The predicted octanol–water partition coefficient (Wildman–Crippen LogP) is -0.613. The zero-order valence-electron chi connectivity index (χ0n) is 14.8. The zero-order chi connectivity index (χ0) is 19.1. The van der Waals surface area contributed by atoms with Crippen LogP contribution in [0, 0.1) is 11.8 Å². The molecular weight excluding hydrogens is 330 g/mol. The Kier molecular flexibility index (Phi) is 7.82. The van der Waals surface area contributed by atoms with Gasteiger partial charge in [0.05, 0.1) is 6.04 Å². The second-order valence-electron chi connectivity index (χ2n) is 6.39. The highest BCUT2D eigenvalue weighted by molar-refractivity contribution is 5.94. The van der Waals surface area contributed by atoms with E-state index in [1.165, 1.54) is 6.92 Å². The van der Waals surface area contributed by atoms with Crippen LogP contribution in [0.15, 0.2) is 0 Å². The number of rotatable bonds is 10. The van der Waals surface area contributed by atoms with Crippen molar-refractivity contribution in [3.8, 4) is 0 Å². The number of carboxylic acid groups (broad SMARTS) is 1. The third kappa shape index (κ3) is 5.70. The third-order valence-electron chi connectivity index (χ3n) is 4.35. The predicted molar refractivity (Wildman–Crippen MR) is 88.3 cm³/mol. The number of carboxylic acids is 1. The fourth-order valence-electron chi connectivity index (χ4n) is 2.51. The third-order valence-corrected chi connectivity index (χ3v) is 4.35. The molecule has 0 saturated carbocycles. The summed E-state index contributed by atoms with van der Waals surface area (Å²) in [5.74, 6) is -2.82. The molecule has 0 radical (unpaired) electrons. The number of ether oxygens (including phenoxy) is 1. The van der Waals surface area contributed by atoms with Gasteiger partial charge >= 0.3 is 11.9 Å². The molecule has 1 rings (SSSR count). The molecule has 1 fully saturated rings. The fourth-order valence-corrected chi connectivity index (χ4v) is 2.51. The summed E-state index contributed by atoms with van der Waals surface area (Å²) >= 11 is 0. The van der Waals surface area contributed by atoms with E-state index in [1.54, 1.807) is 0 Å². The van der Waals surface area contributed by atoms with E-state index in [0.29, 0.717) is 6.42 Å². The highest BCUT2D eigenvalue weighted by atomic mass is 16.6. The maximum atomic E-state index is 12.1. The van der Waals surface area contributed by atoms with Crippen LogP contribution < -0.4 is 16.4 Å². The lowest BCUT2D eigenvalue weighted by Gasteiger charge is -2.37. The Morgan fingerprint density at radius 1 is 1.32 bits per heavy atom. The molecule has 142 valence electrons. The van der Waals surface area contributed by atoms with Gasteiger partial charge in [0.15, 0.2) is 6.10 Å². The van der Waals surface area contributed by atoms with Crippen LogP contribution in [0.3, 0.4) is 0 Å². The molecule has 5 N–H and O–H groups in total. The molecule has 1 heterocycles. The van der Waals surface area contributed by atoms with Gasteiger partial charge in [-0.25, -0.2) is 4.79 Å². The molecular formula is C16H27N3O6. The van der Waals surface area contributed by atoms with E-state index in [4.69, 9.17) is 15.6 Å². The molecule has 1 aliphatic rings. The first-order valence-electron chi connectivity index (χ1n) is 8.46. The fraction of sp³-hybridized carbons (Fsp3) is 0.750. The number of cyclic esters (lactones) is 1. The van der Waals surface area contributed by atoms with Crippen molar-refractivity contribution in [1.29, 1.82) is 0 Å². The van der Waals surface area contributed by atoms with Crippen molar-refractivity contribution in [2.24, 2.45) is 17.6 Å². The van der Waals surface area contributed by atoms with E-state index in [-0.39, 0.29) is 30.8 Å². The van der Waals surface area contributed by atoms with Gasteiger partial charge in [0.1, 0.15) is 12.0 Å². The topological polar surface area (TPSA) is 148 Å². The number of hydrogen-bond acceptors (Lipinski definition) is 6. The lowest BCUT2D eigenvalue weighted by atomic mass is 9.83. The Labute approximate surface area is 146 Å². The van der Waals surface area contributed by atoms with Crippen LogP contribution in [0.2, 0.25) is 0 Å². The van der Waals surface area contributed by atoms with E-state index < -0.39 is 36.0 Å². The van der Waals surface area contributed by atoms with Crippen molar-refractivity contribution in [2.45, 2.75) is 58.2 Å². The number of carbonyl (C=O) groups excluding carboxylic acids is 3. The number of nitrogens with two attached hydrogens (primary N) is 1. The summed E-state index contributed by atoms with van der Waals surface area (Å²) in [6.45, 7) is 5.51. The summed E-state index contributed by atoms with van der Waals surface area (Å²) in [7, 11) is 0. The summed E-state index contributed by atoms with van der Waals surface area (Å²) in [4.78, 5) is 46.1. The monoisotopic (exact) mass is 357 g/mol. The minimum atomic E-state index is -1.16. The van der Waals surface area contributed by atoms with Crippen molar-refractivity contribution in [3.63, 3.8) is 0 Å². The van der Waals surface area contributed by atoms with Gasteiger partial charge in [-0.3, -0.25) is 14.4 Å². The quantitative estimate of drug-likeness (QED) is 0.301. The molecule has 0 aromatic rings. The molecule has 1 saturated heterocycles. The standard InChI is InChI=1S/C16H27N3O6/c1-4-8(2)11-12(25-16(11)24)14(21)18-7-5-6-10(15(22)23)19-13(20)9(3)17/h8-12H,4-7,17H2,1-3H3,(H,18,21)(H,19,20)(H,22,23)/t8?,9?,10-,11?,12?/m0/s1. The maximum absolute atomic E-state index is 12.1. The first kappa shape index (κ1) is 20.9.